The van der Waals surface area contributed by atoms with Crippen molar-refractivity contribution in [3.05, 3.63) is 33.8 Å². The van der Waals surface area contributed by atoms with Crippen LogP contribution in [0.5, 0.6) is 0 Å². The first-order valence-electron chi connectivity index (χ1n) is 7.52. The van der Waals surface area contributed by atoms with Crippen LogP contribution in [0, 0.1) is 0 Å². The molecule has 22 heavy (non-hydrogen) atoms. The van der Waals surface area contributed by atoms with Crippen molar-refractivity contribution in [1.82, 2.24) is 10.2 Å². The molecule has 0 unspecified atom stereocenters. The van der Waals surface area contributed by atoms with Crippen LogP contribution >= 0.6 is 23.2 Å². The first-order valence-corrected chi connectivity index (χ1v) is 8.27. The minimum atomic E-state index is 0.574. The number of unbranched alkanes of at least 4 members (excludes halogenated alkanes) is 1. The number of ether oxygens (including phenoxy) is 1. The predicted octanol–water partition coefficient (Wildman–Crippen LogP) is 3.82. The molecule has 1 N–H and O–H groups in total. The van der Waals surface area contributed by atoms with Gasteiger partial charge in [-0.2, -0.15) is 0 Å². The Morgan fingerprint density at radius 2 is 2.05 bits per heavy atom. The summed E-state index contributed by atoms with van der Waals surface area (Å²) in [5.74, 6) is 0.863. The molecule has 0 amide bonds. The lowest BCUT2D eigenvalue weighted by molar-refractivity contribution is 0.143. The number of nitrogens with zero attached hydrogens (tertiary/aromatic N) is 2. The zero-order chi connectivity index (χ0) is 16.4. The van der Waals surface area contributed by atoms with Crippen molar-refractivity contribution < 1.29 is 4.74 Å². The van der Waals surface area contributed by atoms with Gasteiger partial charge >= 0.3 is 0 Å². The fourth-order valence-electron chi connectivity index (χ4n) is 2.05. The van der Waals surface area contributed by atoms with Crippen molar-refractivity contribution in [1.29, 1.82) is 0 Å². The molecule has 0 radical (unpaired) electrons. The molecule has 1 aromatic rings. The Morgan fingerprint density at radius 1 is 1.27 bits per heavy atom. The second-order valence-corrected chi connectivity index (χ2v) is 5.80. The summed E-state index contributed by atoms with van der Waals surface area (Å²) in [6.07, 6.45) is 2.11. The van der Waals surface area contributed by atoms with Gasteiger partial charge in [0.15, 0.2) is 5.96 Å². The number of benzene rings is 1. The molecule has 0 saturated heterocycles. The van der Waals surface area contributed by atoms with E-state index in [0.29, 0.717) is 10.0 Å². The highest BCUT2D eigenvalue weighted by molar-refractivity contribution is 6.42. The molecular weight excluding hydrogens is 321 g/mol. The summed E-state index contributed by atoms with van der Waals surface area (Å²) in [4.78, 5) is 6.36. The van der Waals surface area contributed by atoms with Crippen LogP contribution in [0.1, 0.15) is 25.3 Å². The summed E-state index contributed by atoms with van der Waals surface area (Å²) in [7, 11) is 3.78. The van der Waals surface area contributed by atoms with Crippen LogP contribution in [0.4, 0.5) is 0 Å². The lowest BCUT2D eigenvalue weighted by Gasteiger charge is -2.22. The van der Waals surface area contributed by atoms with Gasteiger partial charge in [-0.1, -0.05) is 29.3 Å². The molecule has 0 aromatic heterocycles. The summed E-state index contributed by atoms with van der Waals surface area (Å²) >= 11 is 12.0. The second kappa shape index (κ2) is 10.7. The van der Waals surface area contributed by atoms with Crippen LogP contribution in [0.15, 0.2) is 23.2 Å². The molecule has 0 aliphatic heterocycles. The van der Waals surface area contributed by atoms with Crippen LogP contribution in [-0.2, 0) is 11.3 Å². The minimum Gasteiger partial charge on any atom is -0.382 e. The minimum absolute atomic E-state index is 0.574. The van der Waals surface area contributed by atoms with Gasteiger partial charge in [-0.25, -0.2) is 0 Å². The molecule has 0 aliphatic rings. The van der Waals surface area contributed by atoms with E-state index in [-0.39, 0.29) is 0 Å². The summed E-state index contributed by atoms with van der Waals surface area (Å²) in [5, 5.41) is 4.50. The smallest absolute Gasteiger partial charge is 0.193 e. The molecule has 0 atom stereocenters. The molecule has 124 valence electrons. The van der Waals surface area contributed by atoms with Crippen LogP contribution in [0.25, 0.3) is 0 Å². The van der Waals surface area contributed by atoms with E-state index in [1.54, 1.807) is 7.05 Å². The summed E-state index contributed by atoms with van der Waals surface area (Å²) in [6.45, 7) is 5.20. The Balaban J connectivity index is 2.40. The lowest BCUT2D eigenvalue weighted by Crippen LogP contribution is -2.38. The number of rotatable bonds is 8. The van der Waals surface area contributed by atoms with Crippen LogP contribution in [-0.4, -0.2) is 44.7 Å². The maximum Gasteiger partial charge on any atom is 0.193 e. The molecular formula is C16H25Cl2N3O. The van der Waals surface area contributed by atoms with Gasteiger partial charge in [0.2, 0.25) is 0 Å². The Bertz CT molecular complexity index is 480. The standard InChI is InChI=1S/C16H25Cl2N3O/c1-4-22-10-6-5-9-20-16(19-2)21(3)12-13-7-8-14(17)15(18)11-13/h7-8,11H,4-6,9-10,12H2,1-3H3,(H,19,20). The molecule has 0 spiro atoms. The van der Waals surface area contributed by atoms with Crippen molar-refractivity contribution in [3.8, 4) is 0 Å². The van der Waals surface area contributed by atoms with Crippen LogP contribution < -0.4 is 5.32 Å². The predicted molar refractivity (Wildman–Crippen MR) is 95.0 cm³/mol. The van der Waals surface area contributed by atoms with Crippen molar-refractivity contribution in [2.75, 3.05) is 33.9 Å². The third-order valence-electron chi connectivity index (χ3n) is 3.18. The highest BCUT2D eigenvalue weighted by Crippen LogP contribution is 2.23. The van der Waals surface area contributed by atoms with Gasteiger partial charge in [0.05, 0.1) is 10.0 Å². The maximum atomic E-state index is 6.05. The number of hydrogen-bond donors (Lipinski definition) is 1. The van der Waals surface area contributed by atoms with E-state index in [2.05, 4.69) is 15.2 Å². The van der Waals surface area contributed by atoms with E-state index in [0.717, 1.165) is 50.7 Å². The van der Waals surface area contributed by atoms with Gasteiger partial charge in [0.1, 0.15) is 0 Å². The van der Waals surface area contributed by atoms with Gasteiger partial charge in [0, 0.05) is 40.4 Å². The SMILES string of the molecule is CCOCCCCNC(=NC)N(C)Cc1ccc(Cl)c(Cl)c1. The topological polar surface area (TPSA) is 36.9 Å². The van der Waals surface area contributed by atoms with Crippen molar-refractivity contribution >= 4 is 29.2 Å². The van der Waals surface area contributed by atoms with E-state index in [9.17, 15) is 0 Å². The Labute approximate surface area is 143 Å². The quantitative estimate of drug-likeness (QED) is 0.442. The van der Waals surface area contributed by atoms with E-state index in [1.165, 1.54) is 0 Å². The second-order valence-electron chi connectivity index (χ2n) is 4.98. The first kappa shape index (κ1) is 19.1. The molecule has 1 rings (SSSR count). The third-order valence-corrected chi connectivity index (χ3v) is 3.92. The zero-order valence-electron chi connectivity index (χ0n) is 13.5. The Kier molecular flexibility index (Phi) is 9.28. The van der Waals surface area contributed by atoms with Gasteiger partial charge in [-0.3, -0.25) is 4.99 Å². The van der Waals surface area contributed by atoms with E-state index in [1.807, 2.05) is 32.2 Å². The maximum absolute atomic E-state index is 6.05. The van der Waals surface area contributed by atoms with E-state index >= 15 is 0 Å². The fraction of sp³-hybridized carbons (Fsp3) is 0.562. The van der Waals surface area contributed by atoms with Gasteiger partial charge < -0.3 is 15.0 Å². The molecule has 0 bridgehead atoms. The Hall–Kier alpha value is -0.970. The molecule has 1 aromatic carbocycles. The molecule has 0 heterocycles. The van der Waals surface area contributed by atoms with Gasteiger partial charge in [-0.15, -0.1) is 0 Å². The molecule has 6 heteroatoms. The highest BCUT2D eigenvalue weighted by Gasteiger charge is 2.07. The average molecular weight is 346 g/mol. The van der Waals surface area contributed by atoms with Crippen molar-refractivity contribution in [2.24, 2.45) is 4.99 Å². The molecule has 0 saturated carbocycles. The number of hydrogen-bond acceptors (Lipinski definition) is 2. The fourth-order valence-corrected chi connectivity index (χ4v) is 2.37. The number of guanidine groups is 1. The van der Waals surface area contributed by atoms with Crippen molar-refractivity contribution in [2.45, 2.75) is 26.3 Å². The normalized spacial score (nSPS) is 11.6. The van der Waals surface area contributed by atoms with E-state index in [4.69, 9.17) is 27.9 Å². The van der Waals surface area contributed by atoms with Gasteiger partial charge in [-0.05, 0) is 37.5 Å². The highest BCUT2D eigenvalue weighted by atomic mass is 35.5. The first-order chi connectivity index (χ1) is 10.6. The summed E-state index contributed by atoms with van der Waals surface area (Å²) < 4.78 is 5.32. The lowest BCUT2D eigenvalue weighted by atomic mass is 10.2. The molecule has 0 fully saturated rings. The zero-order valence-corrected chi connectivity index (χ0v) is 15.0. The summed E-state index contributed by atoms with van der Waals surface area (Å²) in [6, 6.07) is 5.67. The molecule has 0 aliphatic carbocycles. The van der Waals surface area contributed by atoms with Gasteiger partial charge in [0.25, 0.3) is 0 Å². The summed E-state index contributed by atoms with van der Waals surface area (Å²) in [5.41, 5.74) is 1.09. The monoisotopic (exact) mass is 345 g/mol. The Morgan fingerprint density at radius 3 is 2.68 bits per heavy atom. The molecule has 4 nitrogen and oxygen atoms in total. The number of nitrogens with one attached hydrogen (secondary N) is 1. The van der Waals surface area contributed by atoms with Crippen LogP contribution in [0.3, 0.4) is 0 Å². The number of halogens is 2. The number of aliphatic imine (C=N–C) groups is 1. The van der Waals surface area contributed by atoms with E-state index < -0.39 is 0 Å². The average Bonchev–Trinajstić information content (AvgIpc) is 2.50. The third kappa shape index (κ3) is 6.86. The largest absolute Gasteiger partial charge is 0.382 e. The van der Waals surface area contributed by atoms with Crippen molar-refractivity contribution in [3.63, 3.8) is 0 Å². The van der Waals surface area contributed by atoms with Crippen LogP contribution in [0.2, 0.25) is 10.0 Å².